The van der Waals surface area contributed by atoms with Crippen molar-refractivity contribution in [1.82, 2.24) is 4.90 Å². The number of aryl methyl sites for hydroxylation is 2. The van der Waals surface area contributed by atoms with E-state index in [0.29, 0.717) is 27.8 Å². The molecule has 7 heteroatoms. The molecule has 1 heterocycles. The summed E-state index contributed by atoms with van der Waals surface area (Å²) in [6.07, 6.45) is 0. The van der Waals surface area contributed by atoms with Crippen LogP contribution in [0.1, 0.15) is 27.0 Å². The smallest absolute Gasteiger partial charge is 0.255 e. The van der Waals surface area contributed by atoms with Crippen molar-refractivity contribution in [2.75, 3.05) is 18.4 Å². The molecule has 0 atom stereocenters. The van der Waals surface area contributed by atoms with Gasteiger partial charge < -0.3 is 10.2 Å². The Kier molecular flexibility index (Phi) is 6.27. The largest absolute Gasteiger partial charge is 0.330 e. The number of carbonyl (C=O) groups is 2. The Morgan fingerprint density at radius 3 is 2.33 bits per heavy atom. The van der Waals surface area contributed by atoms with E-state index in [1.807, 2.05) is 26.8 Å². The highest BCUT2D eigenvalue weighted by Gasteiger charge is 2.21. The van der Waals surface area contributed by atoms with Gasteiger partial charge >= 0.3 is 0 Å². The third-order valence-electron chi connectivity index (χ3n) is 3.50. The summed E-state index contributed by atoms with van der Waals surface area (Å²) in [6, 6.07) is 6.84. The molecule has 0 aliphatic carbocycles. The van der Waals surface area contributed by atoms with Gasteiger partial charge in [0.2, 0.25) is 5.91 Å². The molecule has 0 aliphatic rings. The molecule has 2 amide bonds. The number of rotatable bonds is 5. The lowest BCUT2D eigenvalue weighted by atomic mass is 10.2. The maximum Gasteiger partial charge on any atom is 0.255 e. The number of para-hydroxylation sites is 1. The number of amides is 2. The summed E-state index contributed by atoms with van der Waals surface area (Å²) in [4.78, 5) is 28.4. The van der Waals surface area contributed by atoms with Crippen LogP contribution in [0.15, 0.2) is 24.3 Å². The Bertz CT molecular complexity index is 754. The van der Waals surface area contributed by atoms with Crippen molar-refractivity contribution in [3.8, 4) is 0 Å². The lowest BCUT2D eigenvalue weighted by Gasteiger charge is -2.20. The second-order valence-electron chi connectivity index (χ2n) is 5.29. The maximum atomic E-state index is 12.6. The van der Waals surface area contributed by atoms with Gasteiger partial charge in [-0.2, -0.15) is 0 Å². The number of benzene rings is 1. The van der Waals surface area contributed by atoms with E-state index in [1.54, 1.807) is 29.5 Å². The summed E-state index contributed by atoms with van der Waals surface area (Å²) in [6.45, 7) is 6.06. The van der Waals surface area contributed by atoms with Crippen LogP contribution in [0, 0.1) is 13.8 Å². The summed E-state index contributed by atoms with van der Waals surface area (Å²) < 4.78 is 0. The minimum absolute atomic E-state index is 0.0643. The second-order valence-corrected chi connectivity index (χ2v) is 7.57. The standard InChI is InChI=1S/C17H18Cl2N2O2S/c1-4-21(17(23)12-8-10(2)24-11(12)3)9-15(22)20-16-13(18)6-5-7-14(16)19/h5-8H,4,9H2,1-3H3,(H,20,22). The van der Waals surface area contributed by atoms with Gasteiger partial charge in [0.1, 0.15) is 6.54 Å². The third-order valence-corrected chi connectivity index (χ3v) is 5.10. The van der Waals surface area contributed by atoms with E-state index in [1.165, 1.54) is 4.90 Å². The predicted molar refractivity (Wildman–Crippen MR) is 100 cm³/mol. The van der Waals surface area contributed by atoms with E-state index in [0.717, 1.165) is 9.75 Å². The molecule has 0 radical (unpaired) electrons. The number of anilines is 1. The number of nitrogens with zero attached hydrogens (tertiary/aromatic N) is 1. The van der Waals surface area contributed by atoms with Gasteiger partial charge in [-0.1, -0.05) is 29.3 Å². The average molecular weight is 385 g/mol. The van der Waals surface area contributed by atoms with E-state index in [4.69, 9.17) is 23.2 Å². The SMILES string of the molecule is CCN(CC(=O)Nc1c(Cl)cccc1Cl)C(=O)c1cc(C)sc1C. The monoisotopic (exact) mass is 384 g/mol. The first kappa shape index (κ1) is 18.8. The molecule has 0 saturated heterocycles. The molecule has 1 N–H and O–H groups in total. The van der Waals surface area contributed by atoms with Crippen LogP contribution in [0.2, 0.25) is 10.0 Å². The summed E-state index contributed by atoms with van der Waals surface area (Å²) in [5.74, 6) is -0.496. The number of thiophene rings is 1. The number of nitrogens with one attached hydrogen (secondary N) is 1. The summed E-state index contributed by atoms with van der Waals surface area (Å²) in [5, 5.41) is 3.39. The summed E-state index contributed by atoms with van der Waals surface area (Å²) in [5.41, 5.74) is 1.000. The molecule has 0 fully saturated rings. The molecule has 4 nitrogen and oxygen atoms in total. The van der Waals surface area contributed by atoms with Crippen LogP contribution >= 0.6 is 34.5 Å². The maximum absolute atomic E-state index is 12.6. The van der Waals surface area contributed by atoms with Crippen molar-refractivity contribution in [3.05, 3.63) is 49.6 Å². The molecule has 0 saturated carbocycles. The van der Waals surface area contributed by atoms with Gasteiger partial charge in [0.25, 0.3) is 5.91 Å². The number of halogens is 2. The molecule has 0 bridgehead atoms. The first-order valence-corrected chi connectivity index (χ1v) is 9.00. The normalized spacial score (nSPS) is 10.5. The van der Waals surface area contributed by atoms with Gasteiger partial charge in [-0.3, -0.25) is 9.59 Å². The van der Waals surface area contributed by atoms with Gasteiger partial charge in [0.15, 0.2) is 0 Å². The van der Waals surface area contributed by atoms with Crippen molar-refractivity contribution in [2.24, 2.45) is 0 Å². The Morgan fingerprint density at radius 2 is 1.83 bits per heavy atom. The molecule has 0 aliphatic heterocycles. The number of hydrogen-bond donors (Lipinski definition) is 1. The third kappa shape index (κ3) is 4.29. The molecule has 2 rings (SSSR count). The first-order valence-electron chi connectivity index (χ1n) is 7.43. The molecule has 24 heavy (non-hydrogen) atoms. The highest BCUT2D eigenvalue weighted by atomic mass is 35.5. The van der Waals surface area contributed by atoms with Crippen LogP contribution in [0.25, 0.3) is 0 Å². The fraction of sp³-hybridized carbons (Fsp3) is 0.294. The lowest BCUT2D eigenvalue weighted by Crippen LogP contribution is -2.38. The van der Waals surface area contributed by atoms with Crippen molar-refractivity contribution in [3.63, 3.8) is 0 Å². The van der Waals surface area contributed by atoms with Crippen LogP contribution < -0.4 is 5.32 Å². The summed E-state index contributed by atoms with van der Waals surface area (Å²) >= 11 is 13.7. The van der Waals surface area contributed by atoms with E-state index < -0.39 is 0 Å². The molecule has 128 valence electrons. The Hall–Kier alpha value is -1.56. The Labute approximate surface area is 155 Å². The predicted octanol–water partition coefficient (Wildman–Crippen LogP) is 4.77. The quantitative estimate of drug-likeness (QED) is 0.806. The topological polar surface area (TPSA) is 49.4 Å². The zero-order chi connectivity index (χ0) is 17.9. The highest BCUT2D eigenvalue weighted by Crippen LogP contribution is 2.29. The Morgan fingerprint density at radius 1 is 1.21 bits per heavy atom. The van der Waals surface area contributed by atoms with E-state index >= 15 is 0 Å². The van der Waals surface area contributed by atoms with Crippen LogP contribution in [0.3, 0.4) is 0 Å². The molecule has 0 unspecified atom stereocenters. The minimum Gasteiger partial charge on any atom is -0.330 e. The van der Waals surface area contributed by atoms with Gasteiger partial charge in [-0.15, -0.1) is 11.3 Å². The zero-order valence-corrected chi connectivity index (χ0v) is 16.0. The molecular formula is C17H18Cl2N2O2S. The molecule has 2 aromatic rings. The number of likely N-dealkylation sites (N-methyl/N-ethyl adjacent to an activating group) is 1. The van der Waals surface area contributed by atoms with Crippen LogP contribution in [0.4, 0.5) is 5.69 Å². The highest BCUT2D eigenvalue weighted by molar-refractivity contribution is 7.12. The van der Waals surface area contributed by atoms with Crippen LogP contribution in [0.5, 0.6) is 0 Å². The van der Waals surface area contributed by atoms with Crippen molar-refractivity contribution < 1.29 is 9.59 Å². The zero-order valence-electron chi connectivity index (χ0n) is 13.7. The van der Waals surface area contributed by atoms with Crippen LogP contribution in [-0.4, -0.2) is 29.8 Å². The average Bonchev–Trinajstić information content (AvgIpc) is 2.86. The summed E-state index contributed by atoms with van der Waals surface area (Å²) in [7, 11) is 0. The molecule has 0 spiro atoms. The lowest BCUT2D eigenvalue weighted by molar-refractivity contribution is -0.116. The van der Waals surface area contributed by atoms with Gasteiger partial charge in [-0.25, -0.2) is 0 Å². The Balaban J connectivity index is 2.11. The van der Waals surface area contributed by atoms with Gasteiger partial charge in [0, 0.05) is 16.3 Å². The van der Waals surface area contributed by atoms with Crippen molar-refractivity contribution >= 4 is 52.0 Å². The van der Waals surface area contributed by atoms with Gasteiger partial charge in [0.05, 0.1) is 21.3 Å². The van der Waals surface area contributed by atoms with Gasteiger partial charge in [-0.05, 0) is 39.0 Å². The van der Waals surface area contributed by atoms with E-state index in [9.17, 15) is 9.59 Å². The van der Waals surface area contributed by atoms with Crippen molar-refractivity contribution in [2.45, 2.75) is 20.8 Å². The van der Waals surface area contributed by atoms with Crippen molar-refractivity contribution in [1.29, 1.82) is 0 Å². The molecule has 1 aromatic carbocycles. The number of hydrogen-bond acceptors (Lipinski definition) is 3. The fourth-order valence-corrected chi connectivity index (χ4v) is 3.72. The van der Waals surface area contributed by atoms with E-state index in [2.05, 4.69) is 5.32 Å². The first-order chi connectivity index (χ1) is 11.3. The van der Waals surface area contributed by atoms with E-state index in [-0.39, 0.29) is 18.4 Å². The molecular weight excluding hydrogens is 367 g/mol. The second kappa shape index (κ2) is 8.01. The minimum atomic E-state index is -0.343. The fourth-order valence-electron chi connectivity index (χ4n) is 2.31. The number of carbonyl (C=O) groups excluding carboxylic acids is 2. The van der Waals surface area contributed by atoms with Crippen LogP contribution in [-0.2, 0) is 4.79 Å². The molecule has 1 aromatic heterocycles.